The van der Waals surface area contributed by atoms with E-state index in [0.717, 1.165) is 6.42 Å². The van der Waals surface area contributed by atoms with Crippen LogP contribution in [0.2, 0.25) is 0 Å². The van der Waals surface area contributed by atoms with Gasteiger partial charge >= 0.3 is 0 Å². The summed E-state index contributed by atoms with van der Waals surface area (Å²) in [5.74, 6) is 0.684. The van der Waals surface area contributed by atoms with E-state index in [4.69, 9.17) is 5.11 Å². The van der Waals surface area contributed by atoms with Crippen LogP contribution in [-0.4, -0.2) is 35.2 Å². The van der Waals surface area contributed by atoms with Crippen molar-refractivity contribution >= 4 is 0 Å². The Morgan fingerprint density at radius 1 is 1.46 bits per heavy atom. The van der Waals surface area contributed by atoms with Gasteiger partial charge in [-0.2, -0.15) is 0 Å². The summed E-state index contributed by atoms with van der Waals surface area (Å²) >= 11 is 0. The van der Waals surface area contributed by atoms with Gasteiger partial charge in [-0.25, -0.2) is 0 Å². The van der Waals surface area contributed by atoms with Gasteiger partial charge in [0, 0.05) is 12.1 Å². The van der Waals surface area contributed by atoms with Crippen molar-refractivity contribution < 1.29 is 5.11 Å². The predicted octanol–water partition coefficient (Wildman–Crippen LogP) is 1.88. The Balaban J connectivity index is 2.54. The number of aliphatic hydroxyl groups excluding tert-OH is 1. The third kappa shape index (κ3) is 2.23. The van der Waals surface area contributed by atoms with Crippen molar-refractivity contribution in [3.8, 4) is 0 Å². The highest BCUT2D eigenvalue weighted by atomic mass is 16.3. The second-order valence-corrected chi connectivity index (χ2v) is 4.64. The van der Waals surface area contributed by atoms with Gasteiger partial charge < -0.3 is 5.11 Å². The summed E-state index contributed by atoms with van der Waals surface area (Å²) in [4.78, 5) is 2.56. The first kappa shape index (κ1) is 11.0. The van der Waals surface area contributed by atoms with Crippen molar-refractivity contribution in [2.45, 2.75) is 45.6 Å². The number of hydrogen-bond acceptors (Lipinski definition) is 2. The van der Waals surface area contributed by atoms with Gasteiger partial charge in [-0.05, 0) is 52.1 Å². The molecule has 0 aliphatic carbocycles. The molecule has 0 saturated carbocycles. The van der Waals surface area contributed by atoms with Crippen molar-refractivity contribution in [2.24, 2.45) is 5.92 Å². The number of aliphatic hydroxyl groups is 1. The molecule has 0 aromatic heterocycles. The summed E-state index contributed by atoms with van der Waals surface area (Å²) in [6, 6.07) is 0. The Morgan fingerprint density at radius 2 is 2.15 bits per heavy atom. The number of rotatable bonds is 4. The minimum Gasteiger partial charge on any atom is -0.396 e. The molecule has 2 nitrogen and oxygen atoms in total. The fourth-order valence-electron chi connectivity index (χ4n) is 2.53. The summed E-state index contributed by atoms with van der Waals surface area (Å²) in [7, 11) is 0. The van der Waals surface area contributed by atoms with Crippen molar-refractivity contribution in [2.75, 3.05) is 19.7 Å². The van der Waals surface area contributed by atoms with E-state index in [1.807, 2.05) is 0 Å². The Labute approximate surface area is 81.9 Å². The summed E-state index contributed by atoms with van der Waals surface area (Å²) in [6.45, 7) is 9.62. The molecule has 1 saturated heterocycles. The Bertz CT molecular complexity index is 140. The van der Waals surface area contributed by atoms with E-state index in [0.29, 0.717) is 18.1 Å². The van der Waals surface area contributed by atoms with Crippen LogP contribution in [0.4, 0.5) is 0 Å². The molecule has 0 aromatic rings. The molecule has 78 valence electrons. The van der Waals surface area contributed by atoms with Gasteiger partial charge in [-0.3, -0.25) is 4.90 Å². The molecule has 1 N–H and O–H groups in total. The zero-order valence-electron chi connectivity index (χ0n) is 9.21. The Morgan fingerprint density at radius 3 is 2.69 bits per heavy atom. The number of nitrogens with zero attached hydrogens (tertiary/aromatic N) is 1. The molecule has 1 rings (SSSR count). The van der Waals surface area contributed by atoms with Gasteiger partial charge in [-0.1, -0.05) is 6.92 Å². The monoisotopic (exact) mass is 185 g/mol. The molecule has 1 atom stereocenters. The van der Waals surface area contributed by atoms with Crippen molar-refractivity contribution in [3.05, 3.63) is 0 Å². The van der Waals surface area contributed by atoms with Crippen LogP contribution >= 0.6 is 0 Å². The van der Waals surface area contributed by atoms with Crippen molar-refractivity contribution in [1.29, 1.82) is 0 Å². The van der Waals surface area contributed by atoms with Crippen LogP contribution in [0.3, 0.4) is 0 Å². The fourth-order valence-corrected chi connectivity index (χ4v) is 2.53. The standard InChI is InChI=1S/C11H23NO/c1-4-7-12-8-5-10(6-9-13)11(12,2)3/h10,13H,4-9H2,1-3H3. The topological polar surface area (TPSA) is 23.5 Å². The first-order valence-electron chi connectivity index (χ1n) is 5.48. The van der Waals surface area contributed by atoms with Crippen LogP contribution < -0.4 is 0 Å². The molecule has 0 aromatic carbocycles. The fraction of sp³-hybridized carbons (Fsp3) is 1.00. The highest BCUT2D eigenvalue weighted by Gasteiger charge is 2.39. The lowest BCUT2D eigenvalue weighted by molar-refractivity contribution is 0.121. The largest absolute Gasteiger partial charge is 0.396 e. The average Bonchev–Trinajstić information content (AvgIpc) is 2.33. The molecule has 1 aliphatic heterocycles. The predicted molar refractivity (Wildman–Crippen MR) is 55.8 cm³/mol. The molecule has 1 fully saturated rings. The van der Waals surface area contributed by atoms with Gasteiger partial charge in [-0.15, -0.1) is 0 Å². The molecule has 1 heterocycles. The highest BCUT2D eigenvalue weighted by molar-refractivity contribution is 4.94. The van der Waals surface area contributed by atoms with Crippen molar-refractivity contribution in [3.63, 3.8) is 0 Å². The second kappa shape index (κ2) is 4.43. The van der Waals surface area contributed by atoms with Gasteiger partial charge in [0.15, 0.2) is 0 Å². The van der Waals surface area contributed by atoms with E-state index in [1.165, 1.54) is 25.9 Å². The maximum absolute atomic E-state index is 8.96. The van der Waals surface area contributed by atoms with E-state index < -0.39 is 0 Å². The van der Waals surface area contributed by atoms with E-state index in [9.17, 15) is 0 Å². The smallest absolute Gasteiger partial charge is 0.0434 e. The van der Waals surface area contributed by atoms with Crippen LogP contribution in [0.5, 0.6) is 0 Å². The molecule has 2 heteroatoms. The highest BCUT2D eigenvalue weighted by Crippen LogP contribution is 2.36. The lowest BCUT2D eigenvalue weighted by atomic mass is 9.86. The van der Waals surface area contributed by atoms with Gasteiger partial charge in [0.25, 0.3) is 0 Å². The maximum Gasteiger partial charge on any atom is 0.0434 e. The lowest BCUT2D eigenvalue weighted by Crippen LogP contribution is -2.43. The minimum absolute atomic E-state index is 0.304. The molecule has 0 spiro atoms. The molecular formula is C11H23NO. The lowest BCUT2D eigenvalue weighted by Gasteiger charge is -2.35. The third-order valence-electron chi connectivity index (χ3n) is 3.53. The van der Waals surface area contributed by atoms with E-state index in [-0.39, 0.29) is 0 Å². The van der Waals surface area contributed by atoms with E-state index >= 15 is 0 Å². The average molecular weight is 185 g/mol. The van der Waals surface area contributed by atoms with E-state index in [1.54, 1.807) is 0 Å². The summed E-state index contributed by atoms with van der Waals surface area (Å²) in [6.07, 6.45) is 3.45. The first-order valence-corrected chi connectivity index (χ1v) is 5.48. The van der Waals surface area contributed by atoms with E-state index in [2.05, 4.69) is 25.7 Å². The van der Waals surface area contributed by atoms with Crippen LogP contribution in [0.1, 0.15) is 40.0 Å². The van der Waals surface area contributed by atoms with Gasteiger partial charge in [0.05, 0.1) is 0 Å². The normalized spacial score (nSPS) is 28.2. The number of likely N-dealkylation sites (tertiary alicyclic amines) is 1. The molecule has 1 unspecified atom stereocenters. The minimum atomic E-state index is 0.304. The molecular weight excluding hydrogens is 162 g/mol. The summed E-state index contributed by atoms with van der Waals surface area (Å²) in [5, 5.41) is 8.96. The zero-order chi connectivity index (χ0) is 9.90. The maximum atomic E-state index is 8.96. The third-order valence-corrected chi connectivity index (χ3v) is 3.53. The summed E-state index contributed by atoms with van der Waals surface area (Å²) in [5.41, 5.74) is 0.304. The molecule has 1 aliphatic rings. The van der Waals surface area contributed by atoms with Gasteiger partial charge in [0.1, 0.15) is 0 Å². The molecule has 0 radical (unpaired) electrons. The number of hydrogen-bond donors (Lipinski definition) is 1. The summed E-state index contributed by atoms with van der Waals surface area (Å²) < 4.78 is 0. The van der Waals surface area contributed by atoms with Crippen LogP contribution in [0.25, 0.3) is 0 Å². The van der Waals surface area contributed by atoms with Crippen LogP contribution in [0, 0.1) is 5.92 Å². The SMILES string of the molecule is CCCN1CCC(CCO)C1(C)C. The molecule has 0 bridgehead atoms. The quantitative estimate of drug-likeness (QED) is 0.723. The first-order chi connectivity index (χ1) is 6.12. The van der Waals surface area contributed by atoms with Crippen LogP contribution in [-0.2, 0) is 0 Å². The van der Waals surface area contributed by atoms with Crippen molar-refractivity contribution in [1.82, 2.24) is 4.90 Å². The zero-order valence-corrected chi connectivity index (χ0v) is 9.21. The molecule has 0 amide bonds. The Hall–Kier alpha value is -0.0800. The van der Waals surface area contributed by atoms with Gasteiger partial charge in [0.2, 0.25) is 0 Å². The van der Waals surface area contributed by atoms with Crippen LogP contribution in [0.15, 0.2) is 0 Å². The second-order valence-electron chi connectivity index (χ2n) is 4.64. The molecule has 13 heavy (non-hydrogen) atoms. The Kier molecular flexibility index (Phi) is 3.74.